The summed E-state index contributed by atoms with van der Waals surface area (Å²) >= 11 is 1.78. The van der Waals surface area contributed by atoms with Crippen molar-refractivity contribution in [2.24, 2.45) is 0 Å². The Kier molecular flexibility index (Phi) is 4.05. The number of ketones is 1. The normalized spacial score (nSPS) is 14.8. The Hall–Kier alpha value is -1.03. The van der Waals surface area contributed by atoms with Crippen molar-refractivity contribution in [1.82, 2.24) is 4.57 Å². The fraction of sp³-hybridized carbons (Fsp3) is 0.538. The molecule has 1 aromatic heterocycles. The second kappa shape index (κ2) is 5.54. The van der Waals surface area contributed by atoms with Crippen LogP contribution in [0.4, 0.5) is 0 Å². The summed E-state index contributed by atoms with van der Waals surface area (Å²) in [6.07, 6.45) is 5.39. The number of nitrogens with zero attached hydrogens (tertiary/aromatic N) is 1. The van der Waals surface area contributed by atoms with E-state index in [1.807, 2.05) is 0 Å². The third-order valence-corrected chi connectivity index (χ3v) is 3.84. The molecule has 0 radical (unpaired) electrons. The van der Waals surface area contributed by atoms with Gasteiger partial charge in [0.1, 0.15) is 0 Å². The van der Waals surface area contributed by atoms with Crippen LogP contribution in [0.3, 0.4) is 0 Å². The van der Waals surface area contributed by atoms with Gasteiger partial charge in [-0.25, -0.2) is 0 Å². The number of rotatable bonds is 4. The Morgan fingerprint density at radius 3 is 2.88 bits per heavy atom. The number of hydrogen-bond donors (Lipinski definition) is 0. The van der Waals surface area contributed by atoms with Crippen molar-refractivity contribution in [2.75, 3.05) is 12.0 Å². The molecule has 0 saturated heterocycles. The van der Waals surface area contributed by atoms with Crippen LogP contribution in [0.25, 0.3) is 0 Å². The lowest BCUT2D eigenvalue weighted by Crippen LogP contribution is -2.28. The predicted octanol–water partition coefficient (Wildman–Crippen LogP) is 2.12. The van der Waals surface area contributed by atoms with Crippen LogP contribution in [-0.4, -0.2) is 22.4 Å². The predicted molar refractivity (Wildman–Crippen MR) is 71.0 cm³/mol. The van der Waals surface area contributed by atoms with Crippen LogP contribution in [0, 0.1) is 0 Å². The van der Waals surface area contributed by atoms with Gasteiger partial charge in [-0.1, -0.05) is 0 Å². The molecule has 0 spiro atoms. The Bertz CT molecular complexity index is 479. The maximum absolute atomic E-state index is 11.8. The van der Waals surface area contributed by atoms with Crippen LogP contribution in [0.15, 0.2) is 16.9 Å². The molecule has 1 aliphatic rings. The summed E-state index contributed by atoms with van der Waals surface area (Å²) in [6.45, 7) is 0.732. The third kappa shape index (κ3) is 2.63. The van der Waals surface area contributed by atoms with Crippen molar-refractivity contribution < 1.29 is 4.79 Å². The standard InChI is InChI=1S/C13H17NO2S/c1-17-9-3-8-14-11-4-2-5-12(15)10(11)6-7-13(14)16/h6-7H,2-5,8-9H2,1H3. The van der Waals surface area contributed by atoms with E-state index in [1.165, 1.54) is 6.07 Å². The summed E-state index contributed by atoms with van der Waals surface area (Å²) in [5.41, 5.74) is 1.74. The molecular weight excluding hydrogens is 234 g/mol. The molecule has 0 N–H and O–H groups in total. The molecule has 2 rings (SSSR count). The molecule has 0 amide bonds. The number of hydrogen-bond acceptors (Lipinski definition) is 3. The van der Waals surface area contributed by atoms with Crippen LogP contribution in [-0.2, 0) is 13.0 Å². The molecule has 0 bridgehead atoms. The molecule has 0 aromatic carbocycles. The molecule has 0 atom stereocenters. The average molecular weight is 251 g/mol. The number of Topliss-reactive ketones (excluding diaryl/α,β-unsaturated/α-hetero) is 1. The van der Waals surface area contributed by atoms with Gasteiger partial charge in [-0.3, -0.25) is 9.59 Å². The van der Waals surface area contributed by atoms with Gasteiger partial charge in [-0.15, -0.1) is 0 Å². The van der Waals surface area contributed by atoms with Crippen LogP contribution >= 0.6 is 11.8 Å². The van der Waals surface area contributed by atoms with Gasteiger partial charge >= 0.3 is 0 Å². The first-order chi connectivity index (χ1) is 8.24. The Morgan fingerprint density at radius 2 is 2.12 bits per heavy atom. The van der Waals surface area contributed by atoms with Crippen molar-refractivity contribution in [3.8, 4) is 0 Å². The lowest BCUT2D eigenvalue weighted by atomic mass is 9.94. The van der Waals surface area contributed by atoms with E-state index in [2.05, 4.69) is 6.26 Å². The molecule has 3 nitrogen and oxygen atoms in total. The van der Waals surface area contributed by atoms with E-state index in [0.717, 1.165) is 42.8 Å². The summed E-state index contributed by atoms with van der Waals surface area (Å²) in [7, 11) is 0. The zero-order valence-electron chi connectivity index (χ0n) is 10.1. The molecule has 1 aromatic rings. The van der Waals surface area contributed by atoms with Gasteiger partial charge in [0.15, 0.2) is 5.78 Å². The highest BCUT2D eigenvalue weighted by Gasteiger charge is 2.20. The number of fused-ring (bicyclic) bond motifs is 1. The third-order valence-electron chi connectivity index (χ3n) is 3.14. The second-order valence-corrected chi connectivity index (χ2v) is 5.29. The minimum atomic E-state index is 0.0274. The molecule has 1 heterocycles. The lowest BCUT2D eigenvalue weighted by Gasteiger charge is -2.19. The van der Waals surface area contributed by atoms with Crippen molar-refractivity contribution in [3.05, 3.63) is 33.7 Å². The molecular formula is C13H17NO2S. The first-order valence-electron chi connectivity index (χ1n) is 5.99. The molecule has 0 aliphatic heterocycles. The number of pyridine rings is 1. The Morgan fingerprint density at radius 1 is 1.29 bits per heavy atom. The zero-order chi connectivity index (χ0) is 12.3. The van der Waals surface area contributed by atoms with Crippen molar-refractivity contribution in [2.45, 2.75) is 32.2 Å². The first kappa shape index (κ1) is 12.4. The quantitative estimate of drug-likeness (QED) is 0.769. The van der Waals surface area contributed by atoms with Crippen LogP contribution in [0.2, 0.25) is 0 Å². The summed E-state index contributed by atoms with van der Waals surface area (Å²) in [5.74, 6) is 1.23. The molecule has 0 saturated carbocycles. The summed E-state index contributed by atoms with van der Waals surface area (Å²) in [4.78, 5) is 23.6. The fourth-order valence-corrected chi connectivity index (χ4v) is 2.72. The van der Waals surface area contributed by atoms with Crippen molar-refractivity contribution >= 4 is 17.5 Å². The topological polar surface area (TPSA) is 39.1 Å². The van der Waals surface area contributed by atoms with E-state index < -0.39 is 0 Å². The van der Waals surface area contributed by atoms with Crippen LogP contribution < -0.4 is 5.56 Å². The number of aromatic nitrogens is 1. The fourth-order valence-electron chi connectivity index (χ4n) is 2.31. The summed E-state index contributed by atoms with van der Waals surface area (Å²) in [5, 5.41) is 0. The lowest BCUT2D eigenvalue weighted by molar-refractivity contribution is 0.0970. The van der Waals surface area contributed by atoms with E-state index in [1.54, 1.807) is 22.4 Å². The van der Waals surface area contributed by atoms with Gasteiger partial charge in [0.05, 0.1) is 0 Å². The molecule has 92 valence electrons. The number of thioether (sulfide) groups is 1. The Labute approximate surface area is 105 Å². The van der Waals surface area contributed by atoms with E-state index in [9.17, 15) is 9.59 Å². The van der Waals surface area contributed by atoms with Crippen molar-refractivity contribution in [3.63, 3.8) is 0 Å². The molecule has 17 heavy (non-hydrogen) atoms. The molecule has 1 aliphatic carbocycles. The van der Waals surface area contributed by atoms with Crippen LogP contribution in [0.5, 0.6) is 0 Å². The molecule has 0 unspecified atom stereocenters. The monoisotopic (exact) mass is 251 g/mol. The van der Waals surface area contributed by atoms with Gasteiger partial charge in [0, 0.05) is 30.3 Å². The SMILES string of the molecule is CSCCCn1c2c(ccc1=O)C(=O)CCC2. The van der Waals surface area contributed by atoms with Gasteiger partial charge in [0.2, 0.25) is 0 Å². The highest BCUT2D eigenvalue weighted by molar-refractivity contribution is 7.98. The molecule has 4 heteroatoms. The highest BCUT2D eigenvalue weighted by atomic mass is 32.2. The summed E-state index contributed by atoms with van der Waals surface area (Å²) < 4.78 is 1.79. The van der Waals surface area contributed by atoms with E-state index in [4.69, 9.17) is 0 Å². The summed E-state index contributed by atoms with van der Waals surface area (Å²) in [6, 6.07) is 3.23. The first-order valence-corrected chi connectivity index (χ1v) is 7.38. The largest absolute Gasteiger partial charge is 0.312 e. The van der Waals surface area contributed by atoms with E-state index >= 15 is 0 Å². The van der Waals surface area contributed by atoms with Gasteiger partial charge in [-0.2, -0.15) is 11.8 Å². The van der Waals surface area contributed by atoms with Crippen LogP contribution in [0.1, 0.15) is 35.3 Å². The van der Waals surface area contributed by atoms with Gasteiger partial charge in [-0.05, 0) is 37.3 Å². The van der Waals surface area contributed by atoms with Crippen molar-refractivity contribution in [1.29, 1.82) is 0 Å². The van der Waals surface area contributed by atoms with E-state index in [0.29, 0.717) is 6.42 Å². The van der Waals surface area contributed by atoms with Gasteiger partial charge < -0.3 is 4.57 Å². The number of carbonyl (C=O) groups is 1. The van der Waals surface area contributed by atoms with Gasteiger partial charge in [0.25, 0.3) is 5.56 Å². The second-order valence-electron chi connectivity index (χ2n) is 4.31. The minimum absolute atomic E-state index is 0.0274. The van der Waals surface area contributed by atoms with E-state index in [-0.39, 0.29) is 11.3 Å². The minimum Gasteiger partial charge on any atom is -0.312 e. The smallest absolute Gasteiger partial charge is 0.250 e. The highest BCUT2D eigenvalue weighted by Crippen LogP contribution is 2.19. The Balaban J connectivity index is 2.33. The zero-order valence-corrected chi connectivity index (χ0v) is 10.9. The molecule has 0 fully saturated rings. The average Bonchev–Trinajstić information content (AvgIpc) is 2.32. The maximum atomic E-state index is 11.8. The maximum Gasteiger partial charge on any atom is 0.250 e. The number of carbonyl (C=O) groups excluding carboxylic acids is 1.